The molecule has 2 rings (SSSR count). The summed E-state index contributed by atoms with van der Waals surface area (Å²) in [4.78, 5) is 22.1. The highest BCUT2D eigenvalue weighted by Gasteiger charge is 2.19. The Kier molecular flexibility index (Phi) is 4.68. The lowest BCUT2D eigenvalue weighted by molar-refractivity contribution is 0.0931. The molecule has 1 aromatic rings. The Balaban J connectivity index is 1.78. The number of carbonyl (C=O) groups is 1. The molecule has 0 unspecified atom stereocenters. The van der Waals surface area contributed by atoms with Crippen LogP contribution in [0.5, 0.6) is 0 Å². The van der Waals surface area contributed by atoms with Crippen molar-refractivity contribution in [2.75, 3.05) is 31.9 Å². The predicted molar refractivity (Wildman–Crippen MR) is 73.6 cm³/mol. The van der Waals surface area contributed by atoms with Gasteiger partial charge in [-0.05, 0) is 38.4 Å². The number of nitrogen functional groups attached to an aromatic ring is 1. The number of nitrogens with two attached hydrogens (primary N) is 1. The highest BCUT2D eigenvalue weighted by Crippen LogP contribution is 2.15. The average molecular weight is 263 g/mol. The smallest absolute Gasteiger partial charge is 0.271 e. The van der Waals surface area contributed by atoms with E-state index in [1.807, 2.05) is 0 Å². The molecule has 0 spiro atoms. The van der Waals surface area contributed by atoms with Crippen LogP contribution in [0.15, 0.2) is 12.4 Å². The Labute approximate surface area is 113 Å². The number of amides is 1. The first-order valence-electron chi connectivity index (χ1n) is 6.77. The van der Waals surface area contributed by atoms with E-state index in [2.05, 4.69) is 27.1 Å². The zero-order valence-electron chi connectivity index (χ0n) is 11.3. The van der Waals surface area contributed by atoms with E-state index in [1.54, 1.807) is 0 Å². The number of piperidine rings is 1. The standard InChI is InChI=1S/C13H21N5O/c1-2-18-5-3-10(4-6-18)7-16-13(19)11-8-15-9-12(14)17-11/h8-10H,2-7H2,1H3,(H2,14,17)(H,16,19). The molecule has 2 heterocycles. The fraction of sp³-hybridized carbons (Fsp3) is 0.615. The van der Waals surface area contributed by atoms with Gasteiger partial charge in [0.15, 0.2) is 0 Å². The van der Waals surface area contributed by atoms with Crippen LogP contribution in [0.4, 0.5) is 5.82 Å². The second-order valence-corrected chi connectivity index (χ2v) is 4.92. The molecule has 0 aromatic carbocycles. The van der Waals surface area contributed by atoms with E-state index in [0.29, 0.717) is 12.5 Å². The molecule has 1 aliphatic rings. The third-order valence-corrected chi connectivity index (χ3v) is 3.59. The monoisotopic (exact) mass is 263 g/mol. The van der Waals surface area contributed by atoms with Crippen LogP contribution in [0, 0.1) is 5.92 Å². The Bertz CT molecular complexity index is 429. The van der Waals surface area contributed by atoms with Gasteiger partial charge in [-0.15, -0.1) is 0 Å². The lowest BCUT2D eigenvalue weighted by atomic mass is 9.97. The number of anilines is 1. The van der Waals surface area contributed by atoms with Crippen molar-refractivity contribution in [1.82, 2.24) is 20.2 Å². The number of hydrogen-bond acceptors (Lipinski definition) is 5. The summed E-state index contributed by atoms with van der Waals surface area (Å²) in [5, 5.41) is 2.91. The number of likely N-dealkylation sites (tertiary alicyclic amines) is 1. The Morgan fingerprint density at radius 3 is 2.84 bits per heavy atom. The molecule has 6 nitrogen and oxygen atoms in total. The maximum atomic E-state index is 11.9. The normalized spacial score (nSPS) is 17.3. The third-order valence-electron chi connectivity index (χ3n) is 3.59. The molecule has 1 saturated heterocycles. The molecule has 0 bridgehead atoms. The molecule has 104 valence electrons. The summed E-state index contributed by atoms with van der Waals surface area (Å²) in [6.45, 7) is 6.23. The molecule has 1 aliphatic heterocycles. The largest absolute Gasteiger partial charge is 0.382 e. The lowest BCUT2D eigenvalue weighted by Gasteiger charge is -2.30. The summed E-state index contributed by atoms with van der Waals surface area (Å²) in [5.41, 5.74) is 5.79. The van der Waals surface area contributed by atoms with Gasteiger partial charge >= 0.3 is 0 Å². The summed E-state index contributed by atoms with van der Waals surface area (Å²) in [6, 6.07) is 0. The number of aromatic nitrogens is 2. The molecule has 1 amide bonds. The number of hydrogen-bond donors (Lipinski definition) is 2. The van der Waals surface area contributed by atoms with Crippen molar-refractivity contribution in [1.29, 1.82) is 0 Å². The van der Waals surface area contributed by atoms with Gasteiger partial charge in [-0.2, -0.15) is 0 Å². The molecule has 19 heavy (non-hydrogen) atoms. The van der Waals surface area contributed by atoms with Gasteiger partial charge < -0.3 is 16.0 Å². The van der Waals surface area contributed by atoms with Gasteiger partial charge in [0.25, 0.3) is 5.91 Å². The molecule has 0 radical (unpaired) electrons. The minimum Gasteiger partial charge on any atom is -0.382 e. The predicted octanol–water partition coefficient (Wildman–Crippen LogP) is 0.521. The number of carbonyl (C=O) groups excluding carboxylic acids is 1. The van der Waals surface area contributed by atoms with E-state index in [1.165, 1.54) is 12.4 Å². The molecular formula is C13H21N5O. The van der Waals surface area contributed by atoms with Crippen molar-refractivity contribution >= 4 is 11.7 Å². The molecule has 6 heteroatoms. The lowest BCUT2D eigenvalue weighted by Crippen LogP contribution is -2.38. The second kappa shape index (κ2) is 6.47. The highest BCUT2D eigenvalue weighted by atomic mass is 16.1. The first kappa shape index (κ1) is 13.7. The third kappa shape index (κ3) is 3.89. The van der Waals surface area contributed by atoms with Crippen LogP contribution < -0.4 is 11.1 Å². The summed E-state index contributed by atoms with van der Waals surface area (Å²) in [6.07, 6.45) is 5.14. The van der Waals surface area contributed by atoms with Crippen LogP contribution in [0.3, 0.4) is 0 Å². The molecule has 0 aliphatic carbocycles. The Morgan fingerprint density at radius 2 is 2.21 bits per heavy atom. The van der Waals surface area contributed by atoms with E-state index < -0.39 is 0 Å². The van der Waals surface area contributed by atoms with Crippen molar-refractivity contribution in [2.24, 2.45) is 5.92 Å². The van der Waals surface area contributed by atoms with Crippen LogP contribution in [0.1, 0.15) is 30.3 Å². The summed E-state index contributed by atoms with van der Waals surface area (Å²) in [7, 11) is 0. The van der Waals surface area contributed by atoms with Gasteiger partial charge in [0.2, 0.25) is 0 Å². The van der Waals surface area contributed by atoms with E-state index >= 15 is 0 Å². The van der Waals surface area contributed by atoms with Gasteiger partial charge in [-0.3, -0.25) is 9.78 Å². The van der Waals surface area contributed by atoms with Crippen LogP contribution in [0.2, 0.25) is 0 Å². The molecule has 0 atom stereocenters. The van der Waals surface area contributed by atoms with Crippen molar-refractivity contribution in [2.45, 2.75) is 19.8 Å². The number of rotatable bonds is 4. The van der Waals surface area contributed by atoms with E-state index in [0.717, 1.165) is 32.5 Å². The fourth-order valence-electron chi connectivity index (χ4n) is 2.32. The summed E-state index contributed by atoms with van der Waals surface area (Å²) in [5.74, 6) is 0.627. The Hall–Kier alpha value is -1.69. The van der Waals surface area contributed by atoms with Gasteiger partial charge in [0.1, 0.15) is 11.5 Å². The van der Waals surface area contributed by atoms with E-state index in [9.17, 15) is 4.79 Å². The number of nitrogens with zero attached hydrogens (tertiary/aromatic N) is 3. The maximum absolute atomic E-state index is 11.9. The average Bonchev–Trinajstić information content (AvgIpc) is 2.45. The summed E-state index contributed by atoms with van der Waals surface area (Å²) < 4.78 is 0. The first-order valence-corrected chi connectivity index (χ1v) is 6.77. The van der Waals surface area contributed by atoms with Crippen molar-refractivity contribution < 1.29 is 4.79 Å². The van der Waals surface area contributed by atoms with Gasteiger partial charge in [0, 0.05) is 6.54 Å². The van der Waals surface area contributed by atoms with E-state index in [-0.39, 0.29) is 17.4 Å². The zero-order chi connectivity index (χ0) is 13.7. The highest BCUT2D eigenvalue weighted by molar-refractivity contribution is 5.92. The Morgan fingerprint density at radius 1 is 1.47 bits per heavy atom. The van der Waals surface area contributed by atoms with E-state index in [4.69, 9.17) is 5.73 Å². The second-order valence-electron chi connectivity index (χ2n) is 4.92. The minimum absolute atomic E-state index is 0.197. The maximum Gasteiger partial charge on any atom is 0.271 e. The van der Waals surface area contributed by atoms with Crippen LogP contribution >= 0.6 is 0 Å². The SMILES string of the molecule is CCN1CCC(CNC(=O)c2cncc(N)n2)CC1. The van der Waals surface area contributed by atoms with Crippen molar-refractivity contribution in [3.8, 4) is 0 Å². The van der Waals surface area contributed by atoms with Crippen LogP contribution in [0.25, 0.3) is 0 Å². The topological polar surface area (TPSA) is 84.1 Å². The fourth-order valence-corrected chi connectivity index (χ4v) is 2.32. The summed E-state index contributed by atoms with van der Waals surface area (Å²) >= 11 is 0. The molecular weight excluding hydrogens is 242 g/mol. The number of nitrogens with one attached hydrogen (secondary N) is 1. The van der Waals surface area contributed by atoms with Crippen molar-refractivity contribution in [3.63, 3.8) is 0 Å². The van der Waals surface area contributed by atoms with Crippen LogP contribution in [-0.2, 0) is 0 Å². The molecule has 1 aromatic heterocycles. The van der Waals surface area contributed by atoms with Crippen molar-refractivity contribution in [3.05, 3.63) is 18.1 Å². The molecule has 0 saturated carbocycles. The molecule has 1 fully saturated rings. The molecule has 3 N–H and O–H groups in total. The van der Waals surface area contributed by atoms with Gasteiger partial charge in [0.05, 0.1) is 12.4 Å². The quantitative estimate of drug-likeness (QED) is 0.827. The van der Waals surface area contributed by atoms with Gasteiger partial charge in [-0.1, -0.05) is 6.92 Å². The first-order chi connectivity index (χ1) is 9.19. The van der Waals surface area contributed by atoms with Crippen LogP contribution in [-0.4, -0.2) is 47.0 Å². The zero-order valence-corrected chi connectivity index (χ0v) is 11.3. The van der Waals surface area contributed by atoms with Gasteiger partial charge in [-0.25, -0.2) is 4.98 Å². The minimum atomic E-state index is -0.197.